The molecule has 0 amide bonds. The lowest BCUT2D eigenvalue weighted by Gasteiger charge is -2.12. The van der Waals surface area contributed by atoms with Gasteiger partial charge in [0.15, 0.2) is 11.4 Å². The zero-order valence-corrected chi connectivity index (χ0v) is 19.0. The van der Waals surface area contributed by atoms with E-state index >= 15 is 0 Å². The van der Waals surface area contributed by atoms with Gasteiger partial charge in [0, 0.05) is 31.0 Å². The highest BCUT2D eigenvalue weighted by molar-refractivity contribution is 7.19. The average molecular weight is 446 g/mol. The lowest BCUT2D eigenvalue weighted by Crippen LogP contribution is -2.24. The number of dihydropyridines is 1. The van der Waals surface area contributed by atoms with Gasteiger partial charge in [0.05, 0.1) is 17.4 Å². The number of Topliss-reactive ketones (excluding diaryl/α,β-unsaturated/α-hetero) is 1. The number of aryl methyl sites for hydroxylation is 1. The van der Waals surface area contributed by atoms with Crippen LogP contribution in [-0.4, -0.2) is 31.7 Å². The molecular formula is C24H23N5O2S. The first-order valence-corrected chi connectivity index (χ1v) is 11.3. The van der Waals surface area contributed by atoms with Gasteiger partial charge < -0.3 is 9.88 Å². The first-order chi connectivity index (χ1) is 15.4. The Balaban J connectivity index is 1.53. The second-order valence-corrected chi connectivity index (χ2v) is 9.23. The summed E-state index contributed by atoms with van der Waals surface area (Å²) in [6, 6.07) is 7.31. The lowest BCUT2D eigenvalue weighted by molar-refractivity contribution is 0.101. The van der Waals surface area contributed by atoms with E-state index in [4.69, 9.17) is 4.98 Å². The summed E-state index contributed by atoms with van der Waals surface area (Å²) in [5, 5.41) is 9.51. The number of benzene rings is 1. The Morgan fingerprint density at radius 3 is 2.94 bits per heavy atom. The summed E-state index contributed by atoms with van der Waals surface area (Å²) in [5.41, 5.74) is 5.33. The smallest absolute Gasteiger partial charge is 0.291 e. The van der Waals surface area contributed by atoms with Crippen molar-refractivity contribution in [3.8, 4) is 0 Å². The predicted molar refractivity (Wildman–Crippen MR) is 127 cm³/mol. The Kier molecular flexibility index (Phi) is 5.01. The Bertz CT molecular complexity index is 1500. The molecule has 162 valence electrons. The number of hydrogen-bond acceptors (Lipinski definition) is 6. The highest BCUT2D eigenvalue weighted by Crippen LogP contribution is 2.32. The summed E-state index contributed by atoms with van der Waals surface area (Å²) in [7, 11) is 1.88. The second-order valence-electron chi connectivity index (χ2n) is 8.14. The molecule has 1 aromatic carbocycles. The van der Waals surface area contributed by atoms with Gasteiger partial charge in [-0.3, -0.25) is 9.59 Å². The zero-order valence-electron chi connectivity index (χ0n) is 18.2. The topological polar surface area (TPSA) is 81.8 Å². The molecule has 32 heavy (non-hydrogen) atoms. The van der Waals surface area contributed by atoms with E-state index in [1.165, 1.54) is 22.8 Å². The molecule has 0 unspecified atom stereocenters. The predicted octanol–water partition coefficient (Wildman–Crippen LogP) is 3.57. The number of allylic oxidation sites excluding steroid dienone is 2. The molecule has 7 nitrogen and oxygen atoms in total. The van der Waals surface area contributed by atoms with Gasteiger partial charge in [-0.2, -0.15) is 5.10 Å². The third kappa shape index (κ3) is 3.46. The Morgan fingerprint density at radius 1 is 1.31 bits per heavy atom. The van der Waals surface area contributed by atoms with Gasteiger partial charge in [-0.25, -0.2) is 9.67 Å². The molecule has 0 radical (unpaired) electrons. The van der Waals surface area contributed by atoms with Gasteiger partial charge in [0.25, 0.3) is 5.56 Å². The second kappa shape index (κ2) is 7.87. The highest BCUT2D eigenvalue weighted by Gasteiger charge is 2.19. The van der Waals surface area contributed by atoms with Crippen molar-refractivity contribution < 1.29 is 4.79 Å². The molecular weight excluding hydrogens is 422 g/mol. The van der Waals surface area contributed by atoms with Gasteiger partial charge in [0.1, 0.15) is 10.5 Å². The van der Waals surface area contributed by atoms with Crippen molar-refractivity contribution in [2.45, 2.75) is 26.8 Å². The summed E-state index contributed by atoms with van der Waals surface area (Å²) < 4.78 is 4.31. The molecule has 5 rings (SSSR count). The molecule has 0 atom stereocenters. The SMILES string of the molecule is CC(=O)c1cccc(Cn2ncc3c4sc(CC5=C(C)CNC=C5)nc4n(C)c3c2=O)c1. The van der Waals surface area contributed by atoms with Crippen LogP contribution in [0.3, 0.4) is 0 Å². The molecule has 4 heterocycles. The van der Waals surface area contributed by atoms with Crippen LogP contribution in [0.15, 0.2) is 58.7 Å². The first kappa shape index (κ1) is 20.4. The van der Waals surface area contributed by atoms with Gasteiger partial charge in [-0.05, 0) is 43.3 Å². The maximum atomic E-state index is 13.3. The van der Waals surface area contributed by atoms with E-state index in [0.29, 0.717) is 17.6 Å². The Hall–Kier alpha value is -3.52. The number of nitrogens with one attached hydrogen (secondary N) is 1. The molecule has 0 fully saturated rings. The van der Waals surface area contributed by atoms with E-state index in [9.17, 15) is 9.59 Å². The molecule has 0 aliphatic carbocycles. The third-order valence-corrected chi connectivity index (χ3v) is 6.97. The molecule has 3 aromatic heterocycles. The van der Waals surface area contributed by atoms with E-state index in [-0.39, 0.29) is 11.3 Å². The molecule has 0 bridgehead atoms. The van der Waals surface area contributed by atoms with Crippen molar-refractivity contribution in [1.82, 2.24) is 24.6 Å². The Labute approximate surface area is 188 Å². The van der Waals surface area contributed by atoms with E-state index < -0.39 is 0 Å². The number of hydrogen-bond donors (Lipinski definition) is 1. The minimum absolute atomic E-state index is 0.00176. The summed E-state index contributed by atoms with van der Waals surface area (Å²) in [4.78, 5) is 29.8. The van der Waals surface area contributed by atoms with Crippen LogP contribution in [0.2, 0.25) is 0 Å². The fourth-order valence-electron chi connectivity index (χ4n) is 4.08. The first-order valence-electron chi connectivity index (χ1n) is 10.4. The normalized spacial score (nSPS) is 13.8. The van der Waals surface area contributed by atoms with Crippen LogP contribution >= 0.6 is 11.3 Å². The summed E-state index contributed by atoms with van der Waals surface area (Å²) in [6.07, 6.45) is 6.61. The van der Waals surface area contributed by atoms with Crippen LogP contribution in [0.25, 0.3) is 21.3 Å². The van der Waals surface area contributed by atoms with Crippen LogP contribution in [0, 0.1) is 0 Å². The highest BCUT2D eigenvalue weighted by atomic mass is 32.1. The summed E-state index contributed by atoms with van der Waals surface area (Å²) >= 11 is 1.62. The number of carbonyl (C=O) groups is 1. The van der Waals surface area contributed by atoms with E-state index in [0.717, 1.165) is 39.3 Å². The molecule has 4 aromatic rings. The van der Waals surface area contributed by atoms with Crippen molar-refractivity contribution in [2.24, 2.45) is 7.05 Å². The minimum Gasteiger partial charge on any atom is -0.387 e. The molecule has 8 heteroatoms. The molecule has 0 saturated carbocycles. The van der Waals surface area contributed by atoms with E-state index in [1.807, 2.05) is 36.0 Å². The third-order valence-electron chi connectivity index (χ3n) is 5.89. The molecule has 0 saturated heterocycles. The minimum atomic E-state index is -0.162. The van der Waals surface area contributed by atoms with Crippen molar-refractivity contribution in [2.75, 3.05) is 6.54 Å². The number of thiazole rings is 1. The van der Waals surface area contributed by atoms with Crippen LogP contribution in [0.5, 0.6) is 0 Å². The van der Waals surface area contributed by atoms with Crippen molar-refractivity contribution in [1.29, 1.82) is 0 Å². The monoisotopic (exact) mass is 445 g/mol. The van der Waals surface area contributed by atoms with E-state index in [2.05, 4.69) is 23.4 Å². The average Bonchev–Trinajstić information content (AvgIpc) is 3.30. The molecule has 0 spiro atoms. The number of ketones is 1. The number of nitrogens with zero attached hydrogens (tertiary/aromatic N) is 4. The van der Waals surface area contributed by atoms with Gasteiger partial charge >= 0.3 is 0 Å². The van der Waals surface area contributed by atoms with Crippen molar-refractivity contribution in [3.63, 3.8) is 0 Å². The standard InChI is InChI=1S/C24H23N5O2S/c1-14-11-25-8-7-17(14)10-20-27-23-22(32-20)19-12-26-29(24(31)21(19)28(23)3)13-16-5-4-6-18(9-16)15(2)30/h4-9,12,25H,10-11,13H2,1-3H3. The largest absolute Gasteiger partial charge is 0.387 e. The van der Waals surface area contributed by atoms with Crippen LogP contribution in [0.1, 0.15) is 34.8 Å². The van der Waals surface area contributed by atoms with Gasteiger partial charge in [-0.1, -0.05) is 23.8 Å². The summed E-state index contributed by atoms with van der Waals surface area (Å²) in [5.74, 6) is -0.00176. The number of aromatic nitrogens is 4. The van der Waals surface area contributed by atoms with Crippen molar-refractivity contribution >= 4 is 38.4 Å². The van der Waals surface area contributed by atoms with Crippen molar-refractivity contribution in [3.05, 3.63) is 80.4 Å². The van der Waals surface area contributed by atoms with E-state index in [1.54, 1.807) is 23.6 Å². The fourth-order valence-corrected chi connectivity index (χ4v) is 5.21. The molecule has 1 aliphatic rings. The van der Waals surface area contributed by atoms with Gasteiger partial charge in [-0.15, -0.1) is 11.3 Å². The molecule has 1 aliphatic heterocycles. The zero-order chi connectivity index (χ0) is 22.4. The maximum absolute atomic E-state index is 13.3. The number of rotatable bonds is 5. The van der Waals surface area contributed by atoms with Crippen LogP contribution < -0.4 is 10.9 Å². The number of carbonyl (C=O) groups excluding carboxylic acids is 1. The molecule has 1 N–H and O–H groups in total. The fraction of sp³-hybridized carbons (Fsp3) is 0.250. The Morgan fingerprint density at radius 2 is 2.16 bits per heavy atom. The summed E-state index contributed by atoms with van der Waals surface area (Å²) in [6.45, 7) is 4.83. The van der Waals surface area contributed by atoms with Gasteiger partial charge in [0.2, 0.25) is 0 Å². The quantitative estimate of drug-likeness (QED) is 0.475. The van der Waals surface area contributed by atoms with Crippen LogP contribution in [-0.2, 0) is 20.0 Å². The lowest BCUT2D eigenvalue weighted by atomic mass is 10.0. The number of fused-ring (bicyclic) bond motifs is 3. The van der Waals surface area contributed by atoms with Crippen LogP contribution in [0.4, 0.5) is 0 Å². The maximum Gasteiger partial charge on any atom is 0.291 e.